The first-order valence-corrected chi connectivity index (χ1v) is 3.42. The minimum atomic E-state index is -0.213. The van der Waals surface area contributed by atoms with Crippen molar-refractivity contribution < 1.29 is 4.79 Å². The van der Waals surface area contributed by atoms with Gasteiger partial charge in [0.15, 0.2) is 0 Å². The summed E-state index contributed by atoms with van der Waals surface area (Å²) in [5.74, 6) is -0.236. The first-order chi connectivity index (χ1) is 4.74. The number of carbonyl (C=O) groups excluding carboxylic acids is 1. The minimum absolute atomic E-state index is 0.0226. The van der Waals surface area contributed by atoms with E-state index in [2.05, 4.69) is 11.9 Å². The zero-order valence-electron chi connectivity index (χ0n) is 5.86. The quantitative estimate of drug-likeness (QED) is 0.490. The molecule has 0 saturated carbocycles. The van der Waals surface area contributed by atoms with Crippen molar-refractivity contribution >= 4 is 17.5 Å². The molecule has 0 radical (unpaired) electrons. The van der Waals surface area contributed by atoms with E-state index >= 15 is 0 Å². The van der Waals surface area contributed by atoms with Crippen molar-refractivity contribution in [1.29, 1.82) is 0 Å². The number of halogens is 1. The summed E-state index contributed by atoms with van der Waals surface area (Å²) < 4.78 is 0. The van der Waals surface area contributed by atoms with Crippen LogP contribution in [0.25, 0.3) is 0 Å². The molecule has 10 heavy (non-hydrogen) atoms. The second kappa shape index (κ2) is 5.06. The van der Waals surface area contributed by atoms with Gasteiger partial charge in [-0.1, -0.05) is 12.7 Å². The molecule has 0 aromatic carbocycles. The van der Waals surface area contributed by atoms with Crippen LogP contribution in [0, 0.1) is 0 Å². The van der Waals surface area contributed by atoms with Crippen LogP contribution in [-0.4, -0.2) is 11.8 Å². The SMILES string of the molecule is C=C/C(=C\C)NC(=O)CCl. The van der Waals surface area contributed by atoms with E-state index in [0.29, 0.717) is 5.70 Å². The summed E-state index contributed by atoms with van der Waals surface area (Å²) in [6.07, 6.45) is 3.31. The van der Waals surface area contributed by atoms with E-state index in [-0.39, 0.29) is 11.8 Å². The summed E-state index contributed by atoms with van der Waals surface area (Å²) in [5, 5.41) is 2.54. The number of allylic oxidation sites excluding steroid dienone is 2. The lowest BCUT2D eigenvalue weighted by Gasteiger charge is -2.00. The van der Waals surface area contributed by atoms with E-state index in [4.69, 9.17) is 11.6 Å². The van der Waals surface area contributed by atoms with Crippen LogP contribution in [0.2, 0.25) is 0 Å². The van der Waals surface area contributed by atoms with E-state index in [1.54, 1.807) is 12.2 Å². The van der Waals surface area contributed by atoms with Crippen molar-refractivity contribution in [3.63, 3.8) is 0 Å². The van der Waals surface area contributed by atoms with Crippen LogP contribution in [0.3, 0.4) is 0 Å². The standard InChI is InChI=1S/C7H10ClNO/c1-3-6(4-2)9-7(10)5-8/h3-4H,1,5H2,2H3,(H,9,10)/b6-4+. The van der Waals surface area contributed by atoms with Crippen LogP contribution in [0.1, 0.15) is 6.92 Å². The van der Waals surface area contributed by atoms with Gasteiger partial charge in [0.1, 0.15) is 5.88 Å². The lowest BCUT2D eigenvalue weighted by atomic mass is 10.4. The molecule has 56 valence electrons. The fraction of sp³-hybridized carbons (Fsp3) is 0.286. The predicted octanol–water partition coefficient (Wildman–Crippen LogP) is 1.43. The van der Waals surface area contributed by atoms with Crippen molar-refractivity contribution in [2.75, 3.05) is 5.88 Å². The molecular formula is C7H10ClNO. The number of alkyl halides is 1. The highest BCUT2D eigenvalue weighted by Crippen LogP contribution is 1.89. The fourth-order valence-electron chi connectivity index (χ4n) is 0.435. The van der Waals surface area contributed by atoms with Crippen molar-refractivity contribution in [1.82, 2.24) is 5.32 Å². The molecule has 0 heterocycles. The van der Waals surface area contributed by atoms with Gasteiger partial charge in [-0.05, 0) is 13.0 Å². The minimum Gasteiger partial charge on any atom is -0.325 e. The zero-order valence-corrected chi connectivity index (χ0v) is 6.61. The van der Waals surface area contributed by atoms with E-state index in [1.165, 1.54) is 0 Å². The van der Waals surface area contributed by atoms with Crippen LogP contribution in [0.15, 0.2) is 24.4 Å². The molecule has 0 fully saturated rings. The molecule has 2 nitrogen and oxygen atoms in total. The van der Waals surface area contributed by atoms with E-state index in [9.17, 15) is 4.79 Å². The van der Waals surface area contributed by atoms with Crippen LogP contribution in [-0.2, 0) is 4.79 Å². The number of rotatable bonds is 3. The average molecular weight is 160 g/mol. The van der Waals surface area contributed by atoms with E-state index in [0.717, 1.165) is 0 Å². The molecule has 0 aliphatic carbocycles. The maximum atomic E-state index is 10.6. The number of amides is 1. The Morgan fingerprint density at radius 3 is 2.70 bits per heavy atom. The molecular weight excluding hydrogens is 150 g/mol. The van der Waals surface area contributed by atoms with Gasteiger partial charge in [-0.3, -0.25) is 4.79 Å². The van der Waals surface area contributed by atoms with E-state index < -0.39 is 0 Å². The number of carbonyl (C=O) groups is 1. The lowest BCUT2D eigenvalue weighted by Crippen LogP contribution is -2.22. The number of hydrogen-bond donors (Lipinski definition) is 1. The molecule has 0 spiro atoms. The predicted molar refractivity (Wildman–Crippen MR) is 42.8 cm³/mol. The third kappa shape index (κ3) is 3.30. The third-order valence-electron chi connectivity index (χ3n) is 0.936. The lowest BCUT2D eigenvalue weighted by molar-refractivity contribution is -0.117. The first kappa shape index (κ1) is 9.24. The van der Waals surface area contributed by atoms with Crippen LogP contribution < -0.4 is 5.32 Å². The van der Waals surface area contributed by atoms with Crippen LogP contribution in [0.5, 0.6) is 0 Å². The van der Waals surface area contributed by atoms with Crippen LogP contribution >= 0.6 is 11.6 Å². The number of hydrogen-bond acceptors (Lipinski definition) is 1. The molecule has 0 bridgehead atoms. The Labute approximate surface area is 65.6 Å². The van der Waals surface area contributed by atoms with Gasteiger partial charge in [-0.15, -0.1) is 11.6 Å². The van der Waals surface area contributed by atoms with Gasteiger partial charge in [-0.2, -0.15) is 0 Å². The summed E-state index contributed by atoms with van der Waals surface area (Å²) in [5.41, 5.74) is 0.686. The third-order valence-corrected chi connectivity index (χ3v) is 1.18. The summed E-state index contributed by atoms with van der Waals surface area (Å²) in [6, 6.07) is 0. The average Bonchev–Trinajstić information content (AvgIpc) is 1.99. The highest BCUT2D eigenvalue weighted by Gasteiger charge is 1.96. The number of nitrogens with one attached hydrogen (secondary N) is 1. The molecule has 0 aliphatic heterocycles. The smallest absolute Gasteiger partial charge is 0.239 e. The molecule has 0 rings (SSSR count). The van der Waals surface area contributed by atoms with Gasteiger partial charge in [0.05, 0.1) is 0 Å². The van der Waals surface area contributed by atoms with Gasteiger partial charge in [0.25, 0.3) is 0 Å². The molecule has 0 unspecified atom stereocenters. The van der Waals surface area contributed by atoms with Crippen molar-refractivity contribution in [3.05, 3.63) is 24.4 Å². The van der Waals surface area contributed by atoms with Gasteiger partial charge in [0.2, 0.25) is 5.91 Å². The Morgan fingerprint density at radius 2 is 2.40 bits per heavy atom. The molecule has 0 aromatic rings. The van der Waals surface area contributed by atoms with Crippen molar-refractivity contribution in [2.24, 2.45) is 0 Å². The van der Waals surface area contributed by atoms with Gasteiger partial charge < -0.3 is 5.32 Å². The summed E-state index contributed by atoms with van der Waals surface area (Å²) in [4.78, 5) is 10.6. The molecule has 0 atom stereocenters. The van der Waals surface area contributed by atoms with Gasteiger partial charge in [-0.25, -0.2) is 0 Å². The Kier molecular flexibility index (Phi) is 4.67. The Morgan fingerprint density at radius 1 is 1.80 bits per heavy atom. The monoisotopic (exact) mass is 159 g/mol. The van der Waals surface area contributed by atoms with Gasteiger partial charge in [0, 0.05) is 5.70 Å². The maximum absolute atomic E-state index is 10.6. The topological polar surface area (TPSA) is 29.1 Å². The highest BCUT2D eigenvalue weighted by molar-refractivity contribution is 6.27. The molecule has 0 aliphatic rings. The second-order valence-electron chi connectivity index (χ2n) is 1.63. The highest BCUT2D eigenvalue weighted by atomic mass is 35.5. The molecule has 0 saturated heterocycles. The van der Waals surface area contributed by atoms with Crippen molar-refractivity contribution in [2.45, 2.75) is 6.92 Å². The summed E-state index contributed by atoms with van der Waals surface area (Å²) >= 11 is 5.24. The molecule has 1 N–H and O–H groups in total. The van der Waals surface area contributed by atoms with E-state index in [1.807, 2.05) is 6.92 Å². The fourth-order valence-corrected chi connectivity index (χ4v) is 0.502. The Hall–Kier alpha value is -0.760. The summed E-state index contributed by atoms with van der Waals surface area (Å²) in [6.45, 7) is 5.30. The Balaban J connectivity index is 3.87. The molecule has 1 amide bonds. The van der Waals surface area contributed by atoms with Gasteiger partial charge >= 0.3 is 0 Å². The molecule has 0 aromatic heterocycles. The normalized spacial score (nSPS) is 10.8. The maximum Gasteiger partial charge on any atom is 0.239 e. The second-order valence-corrected chi connectivity index (χ2v) is 1.90. The molecule has 3 heteroatoms. The largest absolute Gasteiger partial charge is 0.325 e. The van der Waals surface area contributed by atoms with Crippen LogP contribution in [0.4, 0.5) is 0 Å². The Bertz CT molecular complexity index is 163. The van der Waals surface area contributed by atoms with Crippen molar-refractivity contribution in [3.8, 4) is 0 Å². The first-order valence-electron chi connectivity index (χ1n) is 2.89. The zero-order chi connectivity index (χ0) is 7.98. The summed E-state index contributed by atoms with van der Waals surface area (Å²) in [7, 11) is 0.